The molecule has 1 aliphatic carbocycles. The zero-order valence-corrected chi connectivity index (χ0v) is 11.9. The fraction of sp³-hybridized carbons (Fsp3) is 0.500. The average Bonchev–Trinajstić information content (AvgIpc) is 3.11. The highest BCUT2D eigenvalue weighted by atomic mass is 79.9. The van der Waals surface area contributed by atoms with Crippen LogP contribution in [0.3, 0.4) is 0 Å². The molecule has 0 spiro atoms. The van der Waals surface area contributed by atoms with Gasteiger partial charge in [0.2, 0.25) is 0 Å². The van der Waals surface area contributed by atoms with Crippen LogP contribution in [0.15, 0.2) is 16.7 Å². The van der Waals surface area contributed by atoms with Gasteiger partial charge in [-0.3, -0.25) is 4.79 Å². The summed E-state index contributed by atoms with van der Waals surface area (Å²) >= 11 is 3.36. The average molecular weight is 315 g/mol. The number of carbonyl (C=O) groups is 2. The predicted octanol–water partition coefficient (Wildman–Crippen LogP) is 1.88. The van der Waals surface area contributed by atoms with Gasteiger partial charge >= 0.3 is 5.97 Å². The molecule has 1 aliphatic rings. The van der Waals surface area contributed by atoms with Gasteiger partial charge in [-0.1, -0.05) is 0 Å². The molecular formula is C12H15BrN2O3. The Labute approximate surface area is 114 Å². The summed E-state index contributed by atoms with van der Waals surface area (Å²) in [5, 5.41) is 2.63. The van der Waals surface area contributed by atoms with Crippen LogP contribution < -0.4 is 5.32 Å². The van der Waals surface area contributed by atoms with E-state index >= 15 is 0 Å². The van der Waals surface area contributed by atoms with Crippen molar-refractivity contribution >= 4 is 27.8 Å². The Bertz CT molecular complexity index is 480. The molecule has 0 aromatic carbocycles. The van der Waals surface area contributed by atoms with E-state index in [9.17, 15) is 9.59 Å². The van der Waals surface area contributed by atoms with Gasteiger partial charge in [0.05, 0.1) is 7.11 Å². The van der Waals surface area contributed by atoms with Gasteiger partial charge in [0.25, 0.3) is 5.91 Å². The van der Waals surface area contributed by atoms with Crippen molar-refractivity contribution in [1.29, 1.82) is 0 Å². The maximum atomic E-state index is 12.1. The first kappa shape index (κ1) is 13.1. The minimum absolute atomic E-state index is 0.259. The Balaban J connectivity index is 2.11. The van der Waals surface area contributed by atoms with Gasteiger partial charge in [0.1, 0.15) is 11.7 Å². The molecule has 5 nitrogen and oxygen atoms in total. The van der Waals surface area contributed by atoms with E-state index in [0.29, 0.717) is 11.7 Å². The topological polar surface area (TPSA) is 60.3 Å². The molecule has 1 amide bonds. The molecular weight excluding hydrogens is 300 g/mol. The van der Waals surface area contributed by atoms with Gasteiger partial charge in [0.15, 0.2) is 0 Å². The monoisotopic (exact) mass is 314 g/mol. The van der Waals surface area contributed by atoms with Gasteiger partial charge < -0.3 is 14.6 Å². The molecule has 98 valence electrons. The summed E-state index contributed by atoms with van der Waals surface area (Å²) in [6.07, 6.45) is 4.08. The second-order valence-electron chi connectivity index (χ2n) is 4.40. The number of amides is 1. The molecule has 1 saturated carbocycles. The van der Waals surface area contributed by atoms with Crippen molar-refractivity contribution < 1.29 is 14.3 Å². The SMILES string of the molecule is COC(=O)[C@H](C)NC(=O)c1cc(Br)cn1C1CC1. The van der Waals surface area contributed by atoms with E-state index in [-0.39, 0.29) is 5.91 Å². The minimum Gasteiger partial charge on any atom is -0.467 e. The van der Waals surface area contributed by atoms with E-state index in [2.05, 4.69) is 26.0 Å². The lowest BCUT2D eigenvalue weighted by molar-refractivity contribution is -0.142. The van der Waals surface area contributed by atoms with Crippen molar-refractivity contribution in [2.45, 2.75) is 31.8 Å². The van der Waals surface area contributed by atoms with Crippen LogP contribution in [0.5, 0.6) is 0 Å². The maximum absolute atomic E-state index is 12.1. The van der Waals surface area contributed by atoms with E-state index in [1.54, 1.807) is 13.0 Å². The molecule has 0 aliphatic heterocycles. The van der Waals surface area contributed by atoms with Crippen LogP contribution in [0, 0.1) is 0 Å². The Hall–Kier alpha value is -1.30. The van der Waals surface area contributed by atoms with Crippen LogP contribution in [0.4, 0.5) is 0 Å². The van der Waals surface area contributed by atoms with Gasteiger partial charge in [0, 0.05) is 16.7 Å². The van der Waals surface area contributed by atoms with Crippen molar-refractivity contribution in [2.75, 3.05) is 7.11 Å². The number of carbonyl (C=O) groups excluding carboxylic acids is 2. The molecule has 18 heavy (non-hydrogen) atoms. The van der Waals surface area contributed by atoms with Gasteiger partial charge in [-0.25, -0.2) is 4.79 Å². The summed E-state index contributed by atoms with van der Waals surface area (Å²) in [4.78, 5) is 23.3. The van der Waals surface area contributed by atoms with Crippen LogP contribution >= 0.6 is 15.9 Å². The highest BCUT2D eigenvalue weighted by Gasteiger charge is 2.28. The van der Waals surface area contributed by atoms with E-state index in [1.807, 2.05) is 10.8 Å². The van der Waals surface area contributed by atoms with Crippen molar-refractivity contribution in [1.82, 2.24) is 9.88 Å². The molecule has 1 aromatic heterocycles. The van der Waals surface area contributed by atoms with Crippen LogP contribution in [-0.2, 0) is 9.53 Å². The molecule has 1 aromatic rings. The molecule has 0 saturated heterocycles. The number of methoxy groups -OCH3 is 1. The molecule has 2 rings (SSSR count). The highest BCUT2D eigenvalue weighted by Crippen LogP contribution is 2.37. The minimum atomic E-state index is -0.649. The molecule has 0 unspecified atom stereocenters. The molecule has 0 bridgehead atoms. The zero-order chi connectivity index (χ0) is 13.3. The van der Waals surface area contributed by atoms with Crippen molar-refractivity contribution in [3.8, 4) is 0 Å². The number of rotatable bonds is 4. The summed E-state index contributed by atoms with van der Waals surface area (Å²) in [7, 11) is 1.30. The standard InChI is InChI=1S/C12H15BrN2O3/c1-7(12(17)18-2)14-11(16)10-5-8(13)6-15(10)9-3-4-9/h5-7,9H,3-4H2,1-2H3,(H,14,16)/t7-/m0/s1. The van der Waals surface area contributed by atoms with Crippen LogP contribution in [0.1, 0.15) is 36.3 Å². The number of nitrogens with one attached hydrogen (secondary N) is 1. The number of aromatic nitrogens is 1. The molecule has 1 atom stereocenters. The summed E-state index contributed by atoms with van der Waals surface area (Å²) in [6.45, 7) is 1.60. The fourth-order valence-electron chi connectivity index (χ4n) is 1.79. The van der Waals surface area contributed by atoms with E-state index in [1.165, 1.54) is 7.11 Å². The second-order valence-corrected chi connectivity index (χ2v) is 5.32. The third-order valence-corrected chi connectivity index (χ3v) is 3.32. The summed E-state index contributed by atoms with van der Waals surface area (Å²) in [5.74, 6) is -0.711. The lowest BCUT2D eigenvalue weighted by Crippen LogP contribution is -2.39. The van der Waals surface area contributed by atoms with Gasteiger partial charge in [-0.2, -0.15) is 0 Å². The van der Waals surface area contributed by atoms with E-state index < -0.39 is 12.0 Å². The summed E-state index contributed by atoms with van der Waals surface area (Å²) in [6, 6.07) is 1.52. The molecule has 0 radical (unpaired) electrons. The smallest absolute Gasteiger partial charge is 0.328 e. The Morgan fingerprint density at radius 2 is 2.22 bits per heavy atom. The summed E-state index contributed by atoms with van der Waals surface area (Å²) in [5.41, 5.74) is 0.570. The molecule has 1 fully saturated rings. The Morgan fingerprint density at radius 1 is 1.56 bits per heavy atom. The normalized spacial score (nSPS) is 16.2. The van der Waals surface area contributed by atoms with Crippen LogP contribution in [0.2, 0.25) is 0 Å². The number of hydrogen-bond acceptors (Lipinski definition) is 3. The molecule has 6 heteroatoms. The second kappa shape index (κ2) is 5.14. The number of halogens is 1. The lowest BCUT2D eigenvalue weighted by Gasteiger charge is -2.12. The zero-order valence-electron chi connectivity index (χ0n) is 10.3. The number of ether oxygens (including phenoxy) is 1. The first-order valence-electron chi connectivity index (χ1n) is 5.79. The van der Waals surface area contributed by atoms with Crippen LogP contribution in [-0.4, -0.2) is 29.6 Å². The van der Waals surface area contributed by atoms with Crippen molar-refractivity contribution in [3.63, 3.8) is 0 Å². The third-order valence-electron chi connectivity index (χ3n) is 2.89. The molecule has 1 heterocycles. The first-order valence-corrected chi connectivity index (χ1v) is 6.58. The summed E-state index contributed by atoms with van der Waals surface area (Å²) < 4.78 is 7.39. The van der Waals surface area contributed by atoms with Crippen molar-refractivity contribution in [2.24, 2.45) is 0 Å². The lowest BCUT2D eigenvalue weighted by atomic mass is 10.3. The highest BCUT2D eigenvalue weighted by molar-refractivity contribution is 9.10. The largest absolute Gasteiger partial charge is 0.467 e. The number of nitrogens with zero attached hydrogens (tertiary/aromatic N) is 1. The Morgan fingerprint density at radius 3 is 2.78 bits per heavy atom. The van der Waals surface area contributed by atoms with E-state index in [4.69, 9.17) is 0 Å². The first-order chi connectivity index (χ1) is 8.52. The predicted molar refractivity (Wildman–Crippen MR) is 69.3 cm³/mol. The van der Waals surface area contributed by atoms with Gasteiger partial charge in [-0.05, 0) is 41.8 Å². The number of hydrogen-bond donors (Lipinski definition) is 1. The van der Waals surface area contributed by atoms with Gasteiger partial charge in [-0.15, -0.1) is 0 Å². The maximum Gasteiger partial charge on any atom is 0.328 e. The fourth-order valence-corrected chi connectivity index (χ4v) is 2.23. The van der Waals surface area contributed by atoms with Crippen LogP contribution in [0.25, 0.3) is 0 Å². The van der Waals surface area contributed by atoms with Crippen molar-refractivity contribution in [3.05, 3.63) is 22.4 Å². The quantitative estimate of drug-likeness (QED) is 0.863. The molecule has 1 N–H and O–H groups in total. The number of esters is 1. The Kier molecular flexibility index (Phi) is 3.75. The van der Waals surface area contributed by atoms with E-state index in [0.717, 1.165) is 17.3 Å². The third kappa shape index (κ3) is 2.75.